The largest absolute Gasteiger partial charge is 0.418 e. The molecule has 0 bridgehead atoms. The molecule has 0 spiro atoms. The van der Waals surface area contributed by atoms with Gasteiger partial charge in [0.1, 0.15) is 0 Å². The van der Waals surface area contributed by atoms with Crippen LogP contribution in [0.1, 0.15) is 40.9 Å². The third-order valence-corrected chi connectivity index (χ3v) is 6.26. The van der Waals surface area contributed by atoms with Crippen molar-refractivity contribution in [3.8, 4) is 0 Å². The lowest BCUT2D eigenvalue weighted by atomic mass is 10.0. The Labute approximate surface area is 209 Å². The van der Waals surface area contributed by atoms with Gasteiger partial charge in [-0.1, -0.05) is 10.6 Å². The number of halogens is 3. The smallest absolute Gasteiger partial charge is 0.371 e. The van der Waals surface area contributed by atoms with E-state index in [4.69, 9.17) is 12.2 Å². The molecule has 0 aliphatic carbocycles. The summed E-state index contributed by atoms with van der Waals surface area (Å²) in [5, 5.41) is 14.2. The Hall–Kier alpha value is -3.25. The first-order chi connectivity index (χ1) is 16.8. The molecule has 1 aliphatic rings. The Kier molecular flexibility index (Phi) is 7.81. The van der Waals surface area contributed by atoms with Crippen LogP contribution in [0.3, 0.4) is 0 Å². The molecule has 4 rings (SSSR count). The third-order valence-electron chi connectivity index (χ3n) is 5.51. The monoisotopic (exact) mass is 520 g/mol. The third kappa shape index (κ3) is 6.67. The van der Waals surface area contributed by atoms with Crippen molar-refractivity contribution in [2.45, 2.75) is 32.0 Å². The summed E-state index contributed by atoms with van der Waals surface area (Å²) in [6, 6.07) is 11.3. The number of hydrogen-bond acceptors (Lipinski definition) is 6. The predicted molar refractivity (Wildman–Crippen MR) is 135 cm³/mol. The quantitative estimate of drug-likeness (QED) is 0.381. The van der Waals surface area contributed by atoms with E-state index in [1.807, 2.05) is 4.90 Å². The van der Waals surface area contributed by atoms with Gasteiger partial charge in [-0.2, -0.15) is 13.2 Å². The second-order valence-corrected chi connectivity index (χ2v) is 9.04. The molecule has 0 saturated carbocycles. The van der Waals surface area contributed by atoms with Crippen molar-refractivity contribution in [1.29, 1.82) is 0 Å². The maximum atomic E-state index is 13.7. The molecule has 3 aromatic rings. The Morgan fingerprint density at radius 3 is 2.34 bits per heavy atom. The molecule has 1 saturated heterocycles. The van der Waals surface area contributed by atoms with Crippen LogP contribution in [-0.4, -0.2) is 33.7 Å². The van der Waals surface area contributed by atoms with Gasteiger partial charge in [-0.15, -0.1) is 5.10 Å². The standard InChI is InChI=1S/C23H23F3N6OS2/c24-23(25,26)18-12-15(4-9-20(18)32-10-2-1-3-11-32)13-27-22(34)29-17-7-5-16(6-8-17)28-21(33)19-14-35-31-30-19/h4-9,12,14H,1-3,10-11,13H2,(H,28,33)(H2,27,29,34). The van der Waals surface area contributed by atoms with Gasteiger partial charge in [0, 0.05) is 42.1 Å². The van der Waals surface area contributed by atoms with Crippen LogP contribution in [0.5, 0.6) is 0 Å². The highest BCUT2D eigenvalue weighted by Gasteiger charge is 2.35. The minimum Gasteiger partial charge on any atom is -0.371 e. The van der Waals surface area contributed by atoms with E-state index in [-0.39, 0.29) is 28.9 Å². The minimum atomic E-state index is -4.44. The van der Waals surface area contributed by atoms with E-state index in [1.165, 1.54) is 6.07 Å². The molecule has 0 atom stereocenters. The molecular formula is C23H23F3N6OS2. The molecule has 1 aromatic heterocycles. The summed E-state index contributed by atoms with van der Waals surface area (Å²) in [5.41, 5.74) is 1.56. The van der Waals surface area contributed by atoms with Crippen LogP contribution in [-0.2, 0) is 12.7 Å². The molecule has 1 amide bonds. The van der Waals surface area contributed by atoms with E-state index in [1.54, 1.807) is 41.8 Å². The molecule has 1 fully saturated rings. The highest BCUT2D eigenvalue weighted by molar-refractivity contribution is 7.80. The second kappa shape index (κ2) is 11.0. The van der Waals surface area contributed by atoms with Crippen molar-refractivity contribution in [2.24, 2.45) is 0 Å². The molecule has 2 aromatic carbocycles. The van der Waals surface area contributed by atoms with E-state index in [9.17, 15) is 18.0 Å². The van der Waals surface area contributed by atoms with Gasteiger partial charge in [-0.25, -0.2) is 0 Å². The summed E-state index contributed by atoms with van der Waals surface area (Å²) in [4.78, 5) is 13.8. The highest BCUT2D eigenvalue weighted by Crippen LogP contribution is 2.38. The van der Waals surface area contributed by atoms with Gasteiger partial charge in [0.15, 0.2) is 10.8 Å². The lowest BCUT2D eigenvalue weighted by Crippen LogP contribution is -2.31. The van der Waals surface area contributed by atoms with Crippen LogP contribution in [0.4, 0.5) is 30.2 Å². The molecule has 184 valence electrons. The number of nitrogens with one attached hydrogen (secondary N) is 3. The van der Waals surface area contributed by atoms with Gasteiger partial charge in [0.2, 0.25) is 0 Å². The maximum Gasteiger partial charge on any atom is 0.418 e. The lowest BCUT2D eigenvalue weighted by Gasteiger charge is -2.31. The maximum absolute atomic E-state index is 13.7. The number of anilines is 3. The summed E-state index contributed by atoms with van der Waals surface area (Å²) < 4.78 is 44.9. The van der Waals surface area contributed by atoms with Gasteiger partial charge in [0.25, 0.3) is 5.91 Å². The molecule has 7 nitrogen and oxygen atoms in total. The fraction of sp³-hybridized carbons (Fsp3) is 0.304. The molecule has 2 heterocycles. The number of piperidine rings is 1. The number of benzene rings is 2. The number of alkyl halides is 3. The molecule has 35 heavy (non-hydrogen) atoms. The molecule has 12 heteroatoms. The molecular weight excluding hydrogens is 497 g/mol. The SMILES string of the molecule is O=C(Nc1ccc(NC(=S)NCc2ccc(N3CCCCC3)c(C(F)(F)F)c2)cc1)c1csnn1. The number of carbonyl (C=O) groups is 1. The van der Waals surface area contributed by atoms with Crippen molar-refractivity contribution in [3.05, 3.63) is 64.7 Å². The highest BCUT2D eigenvalue weighted by atomic mass is 32.1. The summed E-state index contributed by atoms with van der Waals surface area (Å²) in [7, 11) is 0. The van der Waals surface area contributed by atoms with Crippen molar-refractivity contribution >= 4 is 51.8 Å². The van der Waals surface area contributed by atoms with Crippen molar-refractivity contribution in [1.82, 2.24) is 14.9 Å². The number of aromatic nitrogens is 2. The normalized spacial score (nSPS) is 13.9. The molecule has 3 N–H and O–H groups in total. The van der Waals surface area contributed by atoms with Crippen molar-refractivity contribution < 1.29 is 18.0 Å². The number of nitrogens with zero attached hydrogens (tertiary/aromatic N) is 3. The van der Waals surface area contributed by atoms with Gasteiger partial charge in [0.05, 0.1) is 5.56 Å². The molecule has 1 aliphatic heterocycles. The first-order valence-electron chi connectivity index (χ1n) is 11.0. The van der Waals surface area contributed by atoms with Crippen LogP contribution >= 0.6 is 23.8 Å². The van der Waals surface area contributed by atoms with E-state index < -0.39 is 11.7 Å². The van der Waals surface area contributed by atoms with Gasteiger partial charge in [-0.05, 0) is 85.0 Å². The molecule has 0 unspecified atom stereocenters. The topological polar surface area (TPSA) is 82.2 Å². The Balaban J connectivity index is 1.33. The van der Waals surface area contributed by atoms with Crippen LogP contribution < -0.4 is 20.9 Å². The van der Waals surface area contributed by atoms with E-state index in [0.29, 0.717) is 30.0 Å². The average Bonchev–Trinajstić information content (AvgIpc) is 3.39. The Morgan fingerprint density at radius 1 is 1.03 bits per heavy atom. The summed E-state index contributed by atoms with van der Waals surface area (Å²) in [6.45, 7) is 1.42. The van der Waals surface area contributed by atoms with Gasteiger partial charge >= 0.3 is 6.18 Å². The van der Waals surface area contributed by atoms with E-state index in [2.05, 4.69) is 25.5 Å². The zero-order chi connectivity index (χ0) is 24.8. The fourth-order valence-corrected chi connectivity index (χ4v) is 4.41. The summed E-state index contributed by atoms with van der Waals surface area (Å²) in [5.74, 6) is -0.360. The average molecular weight is 521 g/mol. The first-order valence-corrected chi connectivity index (χ1v) is 12.2. The zero-order valence-corrected chi connectivity index (χ0v) is 20.2. The minimum absolute atomic E-state index is 0.144. The Morgan fingerprint density at radius 2 is 1.71 bits per heavy atom. The van der Waals surface area contributed by atoms with Crippen LogP contribution in [0.2, 0.25) is 0 Å². The summed E-state index contributed by atoms with van der Waals surface area (Å²) in [6.07, 6.45) is -1.59. The number of carbonyl (C=O) groups excluding carboxylic acids is 1. The fourth-order valence-electron chi connectivity index (χ4n) is 3.78. The number of rotatable bonds is 6. The van der Waals surface area contributed by atoms with Crippen LogP contribution in [0, 0.1) is 0 Å². The number of amides is 1. The van der Waals surface area contributed by atoms with Crippen LogP contribution in [0.15, 0.2) is 47.8 Å². The second-order valence-electron chi connectivity index (χ2n) is 8.03. The van der Waals surface area contributed by atoms with E-state index >= 15 is 0 Å². The first kappa shape index (κ1) is 24.9. The zero-order valence-electron chi connectivity index (χ0n) is 18.6. The number of thiocarbonyl (C=S) groups is 1. The van der Waals surface area contributed by atoms with Crippen LogP contribution in [0.25, 0.3) is 0 Å². The van der Waals surface area contributed by atoms with E-state index in [0.717, 1.165) is 30.8 Å². The summed E-state index contributed by atoms with van der Waals surface area (Å²) >= 11 is 6.38. The Bertz CT molecular complexity index is 1160. The van der Waals surface area contributed by atoms with Gasteiger partial charge in [-0.3, -0.25) is 4.79 Å². The molecule has 0 radical (unpaired) electrons. The predicted octanol–water partition coefficient (Wildman–Crippen LogP) is 5.29. The van der Waals surface area contributed by atoms with Crippen molar-refractivity contribution in [2.75, 3.05) is 28.6 Å². The number of hydrogen-bond donors (Lipinski definition) is 3. The lowest BCUT2D eigenvalue weighted by molar-refractivity contribution is -0.137. The van der Waals surface area contributed by atoms with Crippen molar-refractivity contribution in [3.63, 3.8) is 0 Å². The van der Waals surface area contributed by atoms with Gasteiger partial charge < -0.3 is 20.9 Å².